The fourth-order valence-corrected chi connectivity index (χ4v) is 2.28. The maximum absolute atomic E-state index is 13.5. The number of rotatable bonds is 5. The molecule has 0 aliphatic carbocycles. The first-order valence-corrected chi connectivity index (χ1v) is 6.61. The average Bonchev–Trinajstić information content (AvgIpc) is 2.80. The van der Waals surface area contributed by atoms with Crippen LogP contribution in [-0.4, -0.2) is 22.0 Å². The Kier molecular flexibility index (Phi) is 4.39. The summed E-state index contributed by atoms with van der Waals surface area (Å²) in [6.45, 7) is 4.49. The zero-order valence-electron chi connectivity index (χ0n) is 11.9. The van der Waals surface area contributed by atoms with E-state index in [0.29, 0.717) is 23.6 Å². The first-order valence-electron chi connectivity index (χ1n) is 6.61. The van der Waals surface area contributed by atoms with Crippen LogP contribution < -0.4 is 4.74 Å². The molecule has 1 aromatic carbocycles. The number of hydrogen-bond acceptors (Lipinski definition) is 3. The van der Waals surface area contributed by atoms with Gasteiger partial charge in [0, 0.05) is 6.54 Å². The Balaban J connectivity index is 2.45. The van der Waals surface area contributed by atoms with Crippen molar-refractivity contribution in [1.29, 1.82) is 0 Å². The summed E-state index contributed by atoms with van der Waals surface area (Å²) in [7, 11) is 1.53. The average molecular weight is 278 g/mol. The number of aryl methyl sites for hydroxylation is 2. The lowest BCUT2D eigenvalue weighted by Crippen LogP contribution is -2.11. The third-order valence-electron chi connectivity index (χ3n) is 3.14. The van der Waals surface area contributed by atoms with Crippen molar-refractivity contribution in [3.05, 3.63) is 47.0 Å². The summed E-state index contributed by atoms with van der Waals surface area (Å²) in [5.41, 5.74) is 1.82. The lowest BCUT2D eigenvalue weighted by Gasteiger charge is -2.15. The highest BCUT2D eigenvalue weighted by Crippen LogP contribution is 2.30. The molecule has 4 nitrogen and oxygen atoms in total. The van der Waals surface area contributed by atoms with Gasteiger partial charge in [0.15, 0.2) is 5.75 Å². The third-order valence-corrected chi connectivity index (χ3v) is 3.14. The van der Waals surface area contributed by atoms with Crippen LogP contribution in [0, 0.1) is 12.7 Å². The van der Waals surface area contributed by atoms with E-state index in [-0.39, 0.29) is 5.82 Å². The van der Waals surface area contributed by atoms with Gasteiger partial charge in [-0.05, 0) is 36.6 Å². The smallest absolute Gasteiger partial charge is 0.163 e. The van der Waals surface area contributed by atoms with E-state index in [9.17, 15) is 9.50 Å². The Bertz CT molecular complexity index is 575. The first kappa shape index (κ1) is 14.5. The molecule has 0 aliphatic heterocycles. The Hall–Kier alpha value is -1.88. The van der Waals surface area contributed by atoms with Gasteiger partial charge in [-0.3, -0.25) is 4.68 Å². The van der Waals surface area contributed by atoms with Crippen LogP contribution in [0.4, 0.5) is 4.39 Å². The van der Waals surface area contributed by atoms with Crippen molar-refractivity contribution in [1.82, 2.24) is 9.78 Å². The van der Waals surface area contributed by atoms with Crippen LogP contribution in [0.5, 0.6) is 5.75 Å². The predicted molar refractivity (Wildman–Crippen MR) is 74.3 cm³/mol. The van der Waals surface area contributed by atoms with Gasteiger partial charge < -0.3 is 9.84 Å². The summed E-state index contributed by atoms with van der Waals surface area (Å²) in [5, 5.41) is 14.7. The van der Waals surface area contributed by atoms with E-state index in [1.807, 2.05) is 6.92 Å². The monoisotopic (exact) mass is 278 g/mol. The molecule has 0 saturated heterocycles. The lowest BCUT2D eigenvalue weighted by molar-refractivity contribution is 0.201. The molecule has 1 heterocycles. The van der Waals surface area contributed by atoms with Crippen LogP contribution in [0.2, 0.25) is 0 Å². The quantitative estimate of drug-likeness (QED) is 0.915. The number of methoxy groups -OCH3 is 1. The van der Waals surface area contributed by atoms with E-state index in [1.54, 1.807) is 23.9 Å². The molecular weight excluding hydrogens is 259 g/mol. The van der Waals surface area contributed by atoms with Crippen LogP contribution >= 0.6 is 0 Å². The van der Waals surface area contributed by atoms with E-state index < -0.39 is 6.10 Å². The van der Waals surface area contributed by atoms with Crippen molar-refractivity contribution < 1.29 is 14.2 Å². The van der Waals surface area contributed by atoms with E-state index >= 15 is 0 Å². The minimum absolute atomic E-state index is 0.362. The van der Waals surface area contributed by atoms with E-state index in [4.69, 9.17) is 4.74 Å². The Morgan fingerprint density at radius 1 is 1.40 bits per heavy atom. The zero-order valence-corrected chi connectivity index (χ0v) is 11.9. The van der Waals surface area contributed by atoms with Gasteiger partial charge in [-0.15, -0.1) is 0 Å². The molecule has 0 bridgehead atoms. The minimum Gasteiger partial charge on any atom is -0.493 e. The Morgan fingerprint density at radius 2 is 2.15 bits per heavy atom. The summed E-state index contributed by atoms with van der Waals surface area (Å²) in [6.07, 6.45) is 1.49. The van der Waals surface area contributed by atoms with Crippen molar-refractivity contribution in [3.8, 4) is 5.75 Å². The molecule has 5 heteroatoms. The fourth-order valence-electron chi connectivity index (χ4n) is 2.28. The minimum atomic E-state index is -0.964. The molecule has 2 aromatic rings. The van der Waals surface area contributed by atoms with Crippen molar-refractivity contribution in [3.63, 3.8) is 0 Å². The van der Waals surface area contributed by atoms with Crippen LogP contribution in [0.25, 0.3) is 0 Å². The van der Waals surface area contributed by atoms with Gasteiger partial charge in [0.25, 0.3) is 0 Å². The number of halogens is 1. The second-order valence-corrected chi connectivity index (χ2v) is 4.79. The molecule has 1 atom stereocenters. The molecule has 2 rings (SSSR count). The van der Waals surface area contributed by atoms with Crippen LogP contribution in [0.15, 0.2) is 24.4 Å². The van der Waals surface area contributed by atoms with Gasteiger partial charge in [0.1, 0.15) is 17.6 Å². The molecule has 1 aromatic heterocycles. The SMILES string of the molecule is CCCn1ncc(OC)c1C(O)c1cc(C)cc(F)c1. The highest BCUT2D eigenvalue weighted by molar-refractivity contribution is 5.36. The highest BCUT2D eigenvalue weighted by atomic mass is 19.1. The third kappa shape index (κ3) is 2.82. The number of aliphatic hydroxyl groups excluding tert-OH is 1. The van der Waals surface area contributed by atoms with Gasteiger partial charge in [-0.1, -0.05) is 13.0 Å². The maximum atomic E-state index is 13.5. The summed E-state index contributed by atoms with van der Waals surface area (Å²) in [5.74, 6) is 0.146. The molecule has 0 spiro atoms. The van der Waals surface area contributed by atoms with Crippen LogP contribution in [-0.2, 0) is 6.54 Å². The standard InChI is InChI=1S/C15H19FN2O2/c1-4-5-18-14(13(20-3)9-17-18)15(19)11-6-10(2)7-12(16)8-11/h6-9,15,19H,4-5H2,1-3H3. The van der Waals surface area contributed by atoms with Crippen LogP contribution in [0.3, 0.4) is 0 Å². The molecule has 20 heavy (non-hydrogen) atoms. The molecule has 1 N–H and O–H groups in total. The van der Waals surface area contributed by atoms with E-state index in [1.165, 1.54) is 19.2 Å². The molecule has 0 saturated carbocycles. The Morgan fingerprint density at radius 3 is 2.75 bits per heavy atom. The zero-order chi connectivity index (χ0) is 14.7. The van der Waals surface area contributed by atoms with E-state index in [0.717, 1.165) is 12.0 Å². The topological polar surface area (TPSA) is 47.3 Å². The number of aliphatic hydroxyl groups is 1. The summed E-state index contributed by atoms with van der Waals surface area (Å²) >= 11 is 0. The summed E-state index contributed by atoms with van der Waals surface area (Å²) in [6, 6.07) is 4.52. The van der Waals surface area contributed by atoms with Crippen molar-refractivity contribution >= 4 is 0 Å². The summed E-state index contributed by atoms with van der Waals surface area (Å²) in [4.78, 5) is 0. The van der Waals surface area contributed by atoms with Gasteiger partial charge in [-0.25, -0.2) is 4.39 Å². The number of nitrogens with zero attached hydrogens (tertiary/aromatic N) is 2. The normalized spacial score (nSPS) is 12.4. The van der Waals surface area contributed by atoms with Gasteiger partial charge in [0.05, 0.1) is 13.3 Å². The largest absolute Gasteiger partial charge is 0.493 e. The van der Waals surface area contributed by atoms with Gasteiger partial charge in [-0.2, -0.15) is 5.10 Å². The lowest BCUT2D eigenvalue weighted by atomic mass is 10.0. The molecule has 0 aliphatic rings. The molecule has 0 amide bonds. The van der Waals surface area contributed by atoms with Gasteiger partial charge >= 0.3 is 0 Å². The Labute approximate surface area is 117 Å². The predicted octanol–water partition coefficient (Wildman–Crippen LogP) is 2.83. The second kappa shape index (κ2) is 6.05. The van der Waals surface area contributed by atoms with Gasteiger partial charge in [0.2, 0.25) is 0 Å². The number of aromatic nitrogens is 2. The van der Waals surface area contributed by atoms with Crippen LogP contribution in [0.1, 0.15) is 36.3 Å². The molecule has 108 valence electrons. The van der Waals surface area contributed by atoms with Crippen molar-refractivity contribution in [2.24, 2.45) is 0 Å². The summed E-state index contributed by atoms with van der Waals surface area (Å²) < 4.78 is 20.4. The number of hydrogen-bond donors (Lipinski definition) is 1. The maximum Gasteiger partial charge on any atom is 0.163 e. The molecule has 0 fully saturated rings. The molecule has 1 unspecified atom stereocenters. The molecule has 0 radical (unpaired) electrons. The second-order valence-electron chi connectivity index (χ2n) is 4.79. The molecular formula is C15H19FN2O2. The number of ether oxygens (including phenoxy) is 1. The van der Waals surface area contributed by atoms with Crippen molar-refractivity contribution in [2.75, 3.05) is 7.11 Å². The number of benzene rings is 1. The van der Waals surface area contributed by atoms with E-state index in [2.05, 4.69) is 5.10 Å². The van der Waals surface area contributed by atoms with Crippen molar-refractivity contribution in [2.45, 2.75) is 32.9 Å². The fraction of sp³-hybridized carbons (Fsp3) is 0.400. The highest BCUT2D eigenvalue weighted by Gasteiger charge is 2.22. The first-order chi connectivity index (χ1) is 9.56.